The molecule has 0 aromatic carbocycles. The molecule has 0 aliphatic rings. The van der Waals surface area contributed by atoms with E-state index in [2.05, 4.69) is 0 Å². The summed E-state index contributed by atoms with van der Waals surface area (Å²) in [6.45, 7) is 0. The molecule has 1 N–H and O–H groups in total. The van der Waals surface area contributed by atoms with Crippen molar-refractivity contribution in [2.24, 2.45) is 0 Å². The summed E-state index contributed by atoms with van der Waals surface area (Å²) in [5, 5.41) is 39.1. The Balaban J connectivity index is 0. The van der Waals surface area contributed by atoms with Crippen LogP contribution in [0.25, 0.3) is 0 Å². The zero-order chi connectivity index (χ0) is 10.6. The maximum Gasteiger partial charge on any atom is 2.00 e. The monoisotopic (exact) mass is 252 g/mol. The Hall–Kier alpha value is -1.11. The molecule has 0 aliphatic heterocycles. The SMILES string of the molecule is O=C([O-])CC([O-])(CC(=O)O)C(=O)[O-].[Cu+2]. The third kappa shape index (κ3) is 4.80. The zero-order valence-corrected chi connectivity index (χ0v) is 7.55. The van der Waals surface area contributed by atoms with Gasteiger partial charge in [0.15, 0.2) is 0 Å². The number of carbonyl (C=O) groups excluding carboxylic acids is 2. The van der Waals surface area contributed by atoms with E-state index in [0.717, 1.165) is 0 Å². The van der Waals surface area contributed by atoms with Crippen molar-refractivity contribution in [3.8, 4) is 0 Å². The third-order valence-corrected chi connectivity index (χ3v) is 1.24. The summed E-state index contributed by atoms with van der Waals surface area (Å²) < 4.78 is 0. The molecule has 0 heterocycles. The van der Waals surface area contributed by atoms with Crippen LogP contribution in [0, 0.1) is 0 Å². The minimum atomic E-state index is -3.16. The molecule has 0 saturated carbocycles. The summed E-state index contributed by atoms with van der Waals surface area (Å²) in [6.07, 6.45) is -2.79. The fourth-order valence-electron chi connectivity index (χ4n) is 0.684. The topological polar surface area (TPSA) is 141 Å². The summed E-state index contributed by atoms with van der Waals surface area (Å²) in [6, 6.07) is 0. The minimum Gasteiger partial charge on any atom is -0.844 e. The van der Waals surface area contributed by atoms with E-state index in [4.69, 9.17) is 5.11 Å². The van der Waals surface area contributed by atoms with E-state index >= 15 is 0 Å². The Morgan fingerprint density at radius 1 is 1.14 bits per heavy atom. The van der Waals surface area contributed by atoms with E-state index in [1.807, 2.05) is 0 Å². The largest absolute Gasteiger partial charge is 2.00 e. The zero-order valence-electron chi connectivity index (χ0n) is 6.61. The molecule has 0 rings (SSSR count). The van der Waals surface area contributed by atoms with E-state index < -0.39 is 36.4 Å². The quantitative estimate of drug-likeness (QED) is 0.486. The molecule has 1 radical (unpaired) electrons. The van der Waals surface area contributed by atoms with Crippen LogP contribution in [0.5, 0.6) is 0 Å². The number of rotatable bonds is 5. The molecular formula is C6H5CuO7-. The van der Waals surface area contributed by atoms with Crippen molar-refractivity contribution in [2.75, 3.05) is 0 Å². The Kier molecular flexibility index (Phi) is 6.13. The Bertz CT molecular complexity index is 233. The maximum absolute atomic E-state index is 11.0. The van der Waals surface area contributed by atoms with Crippen molar-refractivity contribution in [1.29, 1.82) is 0 Å². The van der Waals surface area contributed by atoms with Crippen LogP contribution < -0.4 is 15.3 Å². The van der Waals surface area contributed by atoms with Crippen molar-refractivity contribution in [3.63, 3.8) is 0 Å². The van der Waals surface area contributed by atoms with Crippen LogP contribution in [0.4, 0.5) is 0 Å². The van der Waals surface area contributed by atoms with Gasteiger partial charge in [-0.15, -0.1) is 0 Å². The molecule has 0 saturated heterocycles. The molecule has 0 aliphatic carbocycles. The van der Waals surface area contributed by atoms with Gasteiger partial charge < -0.3 is 30.0 Å². The molecule has 0 spiro atoms. The van der Waals surface area contributed by atoms with Crippen LogP contribution in [0.1, 0.15) is 12.8 Å². The number of aliphatic carboxylic acids is 3. The number of carboxylic acid groups (broad SMARTS) is 3. The van der Waals surface area contributed by atoms with E-state index in [-0.39, 0.29) is 17.1 Å². The molecule has 0 bridgehead atoms. The van der Waals surface area contributed by atoms with Gasteiger partial charge in [-0.05, 0) is 6.42 Å². The predicted octanol–water partition coefficient (Wildman–Crippen LogP) is -4.55. The van der Waals surface area contributed by atoms with E-state index in [1.54, 1.807) is 0 Å². The molecule has 83 valence electrons. The fraction of sp³-hybridized carbons (Fsp3) is 0.500. The smallest absolute Gasteiger partial charge is 0.844 e. The van der Waals surface area contributed by atoms with E-state index in [1.165, 1.54) is 0 Å². The van der Waals surface area contributed by atoms with Crippen molar-refractivity contribution >= 4 is 17.9 Å². The van der Waals surface area contributed by atoms with Gasteiger partial charge >= 0.3 is 23.0 Å². The number of hydrogen-bond acceptors (Lipinski definition) is 6. The Labute approximate surface area is 88.8 Å². The Morgan fingerprint density at radius 2 is 1.57 bits per heavy atom. The second-order valence-electron chi connectivity index (χ2n) is 2.40. The van der Waals surface area contributed by atoms with Gasteiger partial charge in [0.05, 0.1) is 0 Å². The van der Waals surface area contributed by atoms with E-state index in [0.29, 0.717) is 0 Å². The van der Waals surface area contributed by atoms with Gasteiger partial charge in [-0.2, -0.15) is 0 Å². The van der Waals surface area contributed by atoms with Crippen molar-refractivity contribution < 1.29 is 51.9 Å². The number of hydrogen-bond donors (Lipinski definition) is 1. The van der Waals surface area contributed by atoms with Gasteiger partial charge in [-0.3, -0.25) is 4.79 Å². The van der Waals surface area contributed by atoms with Crippen LogP contribution in [-0.2, 0) is 31.5 Å². The molecule has 1 atom stereocenters. The molecule has 14 heavy (non-hydrogen) atoms. The van der Waals surface area contributed by atoms with E-state index in [9.17, 15) is 29.7 Å². The van der Waals surface area contributed by atoms with Crippen molar-refractivity contribution in [1.82, 2.24) is 0 Å². The average molecular weight is 253 g/mol. The third-order valence-electron chi connectivity index (χ3n) is 1.24. The molecule has 0 aromatic heterocycles. The summed E-state index contributed by atoms with van der Waals surface area (Å²) in [4.78, 5) is 30.0. The molecule has 0 amide bonds. The first-order chi connectivity index (χ1) is 5.78. The molecule has 0 fully saturated rings. The number of carbonyl (C=O) groups is 3. The second-order valence-corrected chi connectivity index (χ2v) is 2.40. The molecule has 0 aromatic rings. The maximum atomic E-state index is 11.0. The number of carboxylic acids is 3. The van der Waals surface area contributed by atoms with Crippen LogP contribution >= 0.6 is 0 Å². The van der Waals surface area contributed by atoms with Gasteiger partial charge in [0.25, 0.3) is 0 Å². The van der Waals surface area contributed by atoms with Crippen molar-refractivity contribution in [3.05, 3.63) is 0 Å². The van der Waals surface area contributed by atoms with Crippen molar-refractivity contribution in [2.45, 2.75) is 18.4 Å². The summed E-state index contributed by atoms with van der Waals surface area (Å²) in [7, 11) is 0. The summed E-state index contributed by atoms with van der Waals surface area (Å²) in [5.41, 5.74) is -3.16. The first kappa shape index (κ1) is 15.4. The van der Waals surface area contributed by atoms with Gasteiger partial charge in [0, 0.05) is 18.4 Å². The second kappa shape index (κ2) is 5.58. The van der Waals surface area contributed by atoms with Crippen LogP contribution in [0.3, 0.4) is 0 Å². The van der Waals surface area contributed by atoms with Gasteiger partial charge in [0.2, 0.25) is 0 Å². The molecule has 1 unspecified atom stereocenters. The van der Waals surface area contributed by atoms with Gasteiger partial charge in [-0.25, -0.2) is 0 Å². The summed E-state index contributed by atoms with van der Waals surface area (Å²) >= 11 is 0. The molecule has 7 nitrogen and oxygen atoms in total. The van der Waals surface area contributed by atoms with Gasteiger partial charge in [0.1, 0.15) is 0 Å². The standard InChI is InChI=1S/C6H7O7.Cu/c7-3(8)1-6(13,5(11)12)2-4(9)10;/h1-2H2,(H,7,8)(H,9,10)(H,11,12);/q-1;+2/p-2. The fourth-order valence-corrected chi connectivity index (χ4v) is 0.684. The van der Waals surface area contributed by atoms with Crippen LogP contribution in [0.15, 0.2) is 0 Å². The first-order valence-corrected chi connectivity index (χ1v) is 3.11. The molecule has 8 heteroatoms. The minimum absolute atomic E-state index is 0. The van der Waals surface area contributed by atoms with Crippen LogP contribution in [0.2, 0.25) is 0 Å². The normalized spacial score (nSPS) is 13.5. The summed E-state index contributed by atoms with van der Waals surface area (Å²) in [5.74, 6) is -5.90. The van der Waals surface area contributed by atoms with Crippen LogP contribution in [-0.4, -0.2) is 28.6 Å². The predicted molar refractivity (Wildman–Crippen MR) is 29.6 cm³/mol. The first-order valence-electron chi connectivity index (χ1n) is 3.11. The molecular weight excluding hydrogens is 248 g/mol. The van der Waals surface area contributed by atoms with Gasteiger partial charge in [-0.1, -0.05) is 5.60 Å². The average Bonchev–Trinajstić information content (AvgIpc) is 1.82. The Morgan fingerprint density at radius 3 is 1.79 bits per heavy atom.